The fourth-order valence-electron chi connectivity index (χ4n) is 3.00. The van der Waals surface area contributed by atoms with Gasteiger partial charge in [-0.3, -0.25) is 4.79 Å². The maximum absolute atomic E-state index is 12.2. The van der Waals surface area contributed by atoms with Crippen molar-refractivity contribution < 1.29 is 14.3 Å². The van der Waals surface area contributed by atoms with Crippen LogP contribution in [-0.4, -0.2) is 25.2 Å². The maximum atomic E-state index is 12.2. The van der Waals surface area contributed by atoms with Gasteiger partial charge in [0.05, 0.1) is 17.7 Å². The van der Waals surface area contributed by atoms with Crippen molar-refractivity contribution in [3.63, 3.8) is 0 Å². The zero-order valence-electron chi connectivity index (χ0n) is 15.9. The number of amides is 1. The molecule has 29 heavy (non-hydrogen) atoms. The minimum absolute atomic E-state index is 0.0292. The number of carbonyl (C=O) groups excluding carboxylic acids is 1. The second-order valence-electron chi connectivity index (χ2n) is 6.64. The van der Waals surface area contributed by atoms with Crippen LogP contribution in [0.15, 0.2) is 54.1 Å². The van der Waals surface area contributed by atoms with Crippen LogP contribution in [0.1, 0.15) is 29.5 Å². The molecule has 2 aromatic carbocycles. The van der Waals surface area contributed by atoms with Gasteiger partial charge in [0.15, 0.2) is 0 Å². The standard InChI is InChI=1S/C23H21N3O3/c24-13-18-4-1-2-5-19(18)16-29-21-9-7-17(8-10-21)12-20(14-25)23(27)26-15-22-6-3-11-28-22/h1-2,4-5,7-10,12,22H,3,6,11,15-16H2,(H,26,27)/b20-12+/t22-/m1/s1. The molecule has 0 aromatic heterocycles. The van der Waals surface area contributed by atoms with E-state index in [1.807, 2.05) is 24.3 Å². The molecule has 0 radical (unpaired) electrons. The summed E-state index contributed by atoms with van der Waals surface area (Å²) in [6, 6.07) is 18.4. The summed E-state index contributed by atoms with van der Waals surface area (Å²) in [5.74, 6) is 0.229. The number of hydrogen-bond donors (Lipinski definition) is 1. The van der Waals surface area contributed by atoms with E-state index in [2.05, 4.69) is 11.4 Å². The number of nitrogens with zero attached hydrogens (tertiary/aromatic N) is 2. The molecule has 1 saturated heterocycles. The summed E-state index contributed by atoms with van der Waals surface area (Å²) < 4.78 is 11.2. The van der Waals surface area contributed by atoms with Crippen LogP contribution in [0, 0.1) is 22.7 Å². The lowest BCUT2D eigenvalue weighted by Gasteiger charge is -2.10. The quantitative estimate of drug-likeness (QED) is 0.581. The molecule has 6 nitrogen and oxygen atoms in total. The van der Waals surface area contributed by atoms with Gasteiger partial charge in [0, 0.05) is 18.7 Å². The predicted octanol–water partition coefficient (Wildman–Crippen LogP) is 3.34. The third kappa shape index (κ3) is 5.68. The average Bonchev–Trinajstić information content (AvgIpc) is 3.29. The molecule has 1 amide bonds. The zero-order chi connectivity index (χ0) is 20.5. The highest BCUT2D eigenvalue weighted by Crippen LogP contribution is 2.17. The second-order valence-corrected chi connectivity index (χ2v) is 6.64. The Hall–Kier alpha value is -3.61. The average molecular weight is 387 g/mol. The lowest BCUT2D eigenvalue weighted by atomic mass is 10.1. The largest absolute Gasteiger partial charge is 0.489 e. The molecule has 1 aliphatic rings. The fourth-order valence-corrected chi connectivity index (χ4v) is 3.00. The molecule has 0 spiro atoms. The lowest BCUT2D eigenvalue weighted by Crippen LogP contribution is -2.32. The third-order valence-corrected chi connectivity index (χ3v) is 4.60. The van der Waals surface area contributed by atoms with Gasteiger partial charge in [0.25, 0.3) is 5.91 Å². The Morgan fingerprint density at radius 1 is 1.21 bits per heavy atom. The topological polar surface area (TPSA) is 95.1 Å². The van der Waals surface area contributed by atoms with Crippen molar-refractivity contribution in [1.82, 2.24) is 5.32 Å². The van der Waals surface area contributed by atoms with Crippen molar-refractivity contribution in [2.24, 2.45) is 0 Å². The Bertz CT molecular complexity index is 962. The first-order valence-corrected chi connectivity index (χ1v) is 9.42. The number of carbonyl (C=O) groups is 1. The summed E-state index contributed by atoms with van der Waals surface area (Å²) in [5, 5.41) is 21.2. The maximum Gasteiger partial charge on any atom is 0.262 e. The van der Waals surface area contributed by atoms with Crippen LogP contribution in [0.4, 0.5) is 0 Å². The van der Waals surface area contributed by atoms with E-state index in [4.69, 9.17) is 14.7 Å². The number of nitrogens with one attached hydrogen (secondary N) is 1. The van der Waals surface area contributed by atoms with Crippen molar-refractivity contribution in [2.45, 2.75) is 25.6 Å². The minimum atomic E-state index is -0.406. The molecule has 3 rings (SSSR count). The van der Waals surface area contributed by atoms with Crippen molar-refractivity contribution in [3.8, 4) is 17.9 Å². The van der Waals surface area contributed by atoms with E-state index in [9.17, 15) is 10.1 Å². The molecular formula is C23H21N3O3. The van der Waals surface area contributed by atoms with Gasteiger partial charge in [-0.2, -0.15) is 10.5 Å². The van der Waals surface area contributed by atoms with Crippen molar-refractivity contribution in [3.05, 3.63) is 70.8 Å². The summed E-state index contributed by atoms with van der Waals surface area (Å²) in [7, 11) is 0. The summed E-state index contributed by atoms with van der Waals surface area (Å²) in [5.41, 5.74) is 2.16. The van der Waals surface area contributed by atoms with Crippen molar-refractivity contribution >= 4 is 12.0 Å². The number of ether oxygens (including phenoxy) is 2. The van der Waals surface area contributed by atoms with E-state index < -0.39 is 5.91 Å². The van der Waals surface area contributed by atoms with Gasteiger partial charge in [-0.25, -0.2) is 0 Å². The molecule has 0 bridgehead atoms. The highest BCUT2D eigenvalue weighted by molar-refractivity contribution is 6.01. The highest BCUT2D eigenvalue weighted by atomic mass is 16.5. The van der Waals surface area contributed by atoms with Crippen molar-refractivity contribution in [1.29, 1.82) is 10.5 Å². The first-order chi connectivity index (χ1) is 14.2. The Kier molecular flexibility index (Phi) is 7.00. The predicted molar refractivity (Wildman–Crippen MR) is 108 cm³/mol. The molecule has 1 N–H and O–H groups in total. The Morgan fingerprint density at radius 3 is 2.69 bits per heavy atom. The van der Waals surface area contributed by atoms with Crippen LogP contribution >= 0.6 is 0 Å². The molecule has 0 saturated carbocycles. The van der Waals surface area contributed by atoms with Crippen LogP contribution in [0.2, 0.25) is 0 Å². The molecule has 146 valence electrons. The van der Waals surface area contributed by atoms with Crippen LogP contribution in [-0.2, 0) is 16.1 Å². The summed E-state index contributed by atoms with van der Waals surface area (Å²) in [4.78, 5) is 12.2. The molecule has 6 heteroatoms. The minimum Gasteiger partial charge on any atom is -0.489 e. The smallest absolute Gasteiger partial charge is 0.262 e. The number of nitriles is 2. The van der Waals surface area contributed by atoms with Crippen molar-refractivity contribution in [2.75, 3.05) is 13.2 Å². The molecular weight excluding hydrogens is 366 g/mol. The fraction of sp³-hybridized carbons (Fsp3) is 0.261. The molecule has 1 aliphatic heterocycles. The molecule has 0 aliphatic carbocycles. The Morgan fingerprint density at radius 2 is 2.00 bits per heavy atom. The van der Waals surface area contributed by atoms with Crippen LogP contribution < -0.4 is 10.1 Å². The molecule has 0 unspecified atom stereocenters. The van der Waals surface area contributed by atoms with E-state index in [-0.39, 0.29) is 18.3 Å². The Balaban J connectivity index is 1.58. The summed E-state index contributed by atoms with van der Waals surface area (Å²) in [6.45, 7) is 1.42. The highest BCUT2D eigenvalue weighted by Gasteiger charge is 2.17. The first kappa shape index (κ1) is 20.1. The van der Waals surface area contributed by atoms with E-state index >= 15 is 0 Å². The van der Waals surface area contributed by atoms with E-state index in [1.54, 1.807) is 36.4 Å². The van der Waals surface area contributed by atoms with Crippen LogP contribution in [0.25, 0.3) is 6.08 Å². The Labute approximate surface area is 170 Å². The van der Waals surface area contributed by atoms with Gasteiger partial charge in [-0.1, -0.05) is 30.3 Å². The SMILES string of the molecule is N#C/C(=C\c1ccc(OCc2ccccc2C#N)cc1)C(=O)NC[C@H]1CCCO1. The van der Waals surface area contributed by atoms with Gasteiger partial charge < -0.3 is 14.8 Å². The summed E-state index contributed by atoms with van der Waals surface area (Å²) >= 11 is 0. The van der Waals surface area contributed by atoms with E-state index in [1.165, 1.54) is 0 Å². The molecule has 1 heterocycles. The van der Waals surface area contributed by atoms with Gasteiger partial charge in [0.1, 0.15) is 24.0 Å². The number of hydrogen-bond acceptors (Lipinski definition) is 5. The molecule has 1 fully saturated rings. The van der Waals surface area contributed by atoms with Gasteiger partial charge in [-0.05, 0) is 42.7 Å². The lowest BCUT2D eigenvalue weighted by molar-refractivity contribution is -0.117. The summed E-state index contributed by atoms with van der Waals surface area (Å²) in [6.07, 6.45) is 3.49. The molecule has 2 aromatic rings. The van der Waals surface area contributed by atoms with Gasteiger partial charge in [0.2, 0.25) is 0 Å². The van der Waals surface area contributed by atoms with E-state index in [0.717, 1.165) is 30.6 Å². The third-order valence-electron chi connectivity index (χ3n) is 4.60. The zero-order valence-corrected chi connectivity index (χ0v) is 15.9. The van der Waals surface area contributed by atoms with Crippen LogP contribution in [0.5, 0.6) is 5.75 Å². The monoisotopic (exact) mass is 387 g/mol. The van der Waals surface area contributed by atoms with Gasteiger partial charge in [-0.15, -0.1) is 0 Å². The number of rotatable bonds is 7. The van der Waals surface area contributed by atoms with E-state index in [0.29, 0.717) is 17.9 Å². The van der Waals surface area contributed by atoms with Crippen LogP contribution in [0.3, 0.4) is 0 Å². The normalized spacial score (nSPS) is 15.9. The first-order valence-electron chi connectivity index (χ1n) is 9.42. The van der Waals surface area contributed by atoms with Gasteiger partial charge >= 0.3 is 0 Å². The second kappa shape index (κ2) is 10.1. The number of benzene rings is 2. The molecule has 1 atom stereocenters.